The second kappa shape index (κ2) is 6.36. The van der Waals surface area contributed by atoms with Crippen LogP contribution in [0.5, 0.6) is 0 Å². The van der Waals surface area contributed by atoms with Gasteiger partial charge < -0.3 is 20.3 Å². The number of aromatic nitrogens is 6. The van der Waals surface area contributed by atoms with Gasteiger partial charge in [-0.3, -0.25) is 4.79 Å². The third-order valence-corrected chi connectivity index (χ3v) is 5.49. The largest absolute Gasteiger partial charge is 0.379 e. The van der Waals surface area contributed by atoms with Gasteiger partial charge in [-0.2, -0.15) is 10.1 Å². The summed E-state index contributed by atoms with van der Waals surface area (Å²) in [5.41, 5.74) is 6.96. The van der Waals surface area contributed by atoms with Crippen molar-refractivity contribution in [3.05, 3.63) is 59.9 Å². The van der Waals surface area contributed by atoms with Crippen molar-refractivity contribution in [1.29, 1.82) is 0 Å². The minimum absolute atomic E-state index is 0.103. The Labute approximate surface area is 171 Å². The van der Waals surface area contributed by atoms with E-state index >= 15 is 0 Å². The van der Waals surface area contributed by atoms with E-state index in [0.29, 0.717) is 40.9 Å². The summed E-state index contributed by atoms with van der Waals surface area (Å²) < 4.78 is 3.50. The van der Waals surface area contributed by atoms with Gasteiger partial charge in [0, 0.05) is 44.7 Å². The van der Waals surface area contributed by atoms with Gasteiger partial charge in [-0.15, -0.1) is 0 Å². The van der Waals surface area contributed by atoms with Crippen molar-refractivity contribution in [3.8, 4) is 5.82 Å². The van der Waals surface area contributed by atoms with Crippen LogP contribution in [-0.2, 0) is 12.1 Å². The van der Waals surface area contributed by atoms with Crippen LogP contribution in [-0.4, -0.2) is 59.3 Å². The standard InChI is InChI=1S/C20H20N8O2/c1-26(2)18(29)17-13-4-3-12(20(30)6-8-27-11-22-10-15(20)27)9-14(13)28(25-17)16-5-7-23-19(21)24-16/h3-5,7,9-11,30H,6,8H2,1-2H3,(H2,21,23,24). The summed E-state index contributed by atoms with van der Waals surface area (Å²) in [4.78, 5) is 26.5. The number of carbonyl (C=O) groups excluding carboxylic acids is 1. The summed E-state index contributed by atoms with van der Waals surface area (Å²) in [7, 11) is 3.35. The zero-order valence-electron chi connectivity index (χ0n) is 16.5. The Balaban J connectivity index is 1.75. The van der Waals surface area contributed by atoms with Gasteiger partial charge in [-0.05, 0) is 17.7 Å². The molecule has 0 fully saturated rings. The number of nitrogens with two attached hydrogens (primary N) is 1. The number of fused-ring (bicyclic) bond motifs is 2. The molecular formula is C20H20N8O2. The minimum Gasteiger partial charge on any atom is -0.379 e. The highest BCUT2D eigenvalue weighted by molar-refractivity contribution is 6.05. The molecule has 1 atom stereocenters. The van der Waals surface area contributed by atoms with E-state index in [4.69, 9.17) is 5.73 Å². The first kappa shape index (κ1) is 18.3. The Bertz CT molecular complexity index is 1290. The number of amides is 1. The average molecular weight is 404 g/mol. The Hall–Kier alpha value is -3.79. The molecule has 10 heteroatoms. The van der Waals surface area contributed by atoms with Crippen LogP contribution < -0.4 is 5.73 Å². The molecule has 0 bridgehead atoms. The normalized spacial score (nSPS) is 18.0. The highest BCUT2D eigenvalue weighted by Gasteiger charge is 2.39. The molecule has 1 unspecified atom stereocenters. The van der Waals surface area contributed by atoms with Gasteiger partial charge in [0.2, 0.25) is 5.95 Å². The Morgan fingerprint density at radius 1 is 1.30 bits per heavy atom. The fourth-order valence-corrected chi connectivity index (χ4v) is 3.94. The lowest BCUT2D eigenvalue weighted by molar-refractivity contribution is 0.0821. The molecule has 1 aliphatic rings. The van der Waals surface area contributed by atoms with Crippen LogP contribution in [0, 0.1) is 0 Å². The third kappa shape index (κ3) is 2.57. The summed E-state index contributed by atoms with van der Waals surface area (Å²) in [6.07, 6.45) is 5.47. The lowest BCUT2D eigenvalue weighted by Gasteiger charge is -2.22. The summed E-state index contributed by atoms with van der Waals surface area (Å²) in [6.45, 7) is 0.677. The maximum absolute atomic E-state index is 12.7. The number of benzene rings is 1. The quantitative estimate of drug-likeness (QED) is 0.520. The molecule has 3 aromatic heterocycles. The number of anilines is 1. The van der Waals surface area contributed by atoms with Crippen molar-refractivity contribution < 1.29 is 9.90 Å². The number of hydrogen-bond donors (Lipinski definition) is 2. The van der Waals surface area contributed by atoms with Gasteiger partial charge in [0.05, 0.1) is 23.7 Å². The van der Waals surface area contributed by atoms with Crippen LogP contribution in [0.4, 0.5) is 5.95 Å². The molecule has 0 radical (unpaired) electrons. The second-order valence-corrected chi connectivity index (χ2v) is 7.55. The van der Waals surface area contributed by atoms with Crippen molar-refractivity contribution in [3.63, 3.8) is 0 Å². The molecule has 0 spiro atoms. The zero-order valence-corrected chi connectivity index (χ0v) is 16.5. The number of hydrogen-bond acceptors (Lipinski definition) is 7. The topological polar surface area (TPSA) is 128 Å². The van der Waals surface area contributed by atoms with Crippen LogP contribution in [0.2, 0.25) is 0 Å². The number of aryl methyl sites for hydroxylation is 1. The maximum atomic E-state index is 12.7. The summed E-state index contributed by atoms with van der Waals surface area (Å²) in [5.74, 6) is 0.309. The predicted octanol–water partition coefficient (Wildman–Crippen LogP) is 0.936. The van der Waals surface area contributed by atoms with Crippen LogP contribution in [0.25, 0.3) is 16.7 Å². The molecule has 0 saturated heterocycles. The van der Waals surface area contributed by atoms with E-state index in [1.807, 2.05) is 22.8 Å². The molecule has 1 aromatic carbocycles. The van der Waals surface area contributed by atoms with E-state index in [1.54, 1.807) is 37.4 Å². The smallest absolute Gasteiger partial charge is 0.274 e. The van der Waals surface area contributed by atoms with Crippen LogP contribution in [0.1, 0.15) is 28.2 Å². The van der Waals surface area contributed by atoms with Gasteiger partial charge in [-0.25, -0.2) is 14.6 Å². The molecule has 10 nitrogen and oxygen atoms in total. The Morgan fingerprint density at radius 3 is 2.90 bits per heavy atom. The van der Waals surface area contributed by atoms with Crippen molar-refractivity contribution >= 4 is 22.8 Å². The summed E-state index contributed by atoms with van der Waals surface area (Å²) in [5, 5.41) is 16.6. The molecule has 1 amide bonds. The number of rotatable bonds is 3. The van der Waals surface area contributed by atoms with E-state index in [-0.39, 0.29) is 11.9 Å². The van der Waals surface area contributed by atoms with Crippen molar-refractivity contribution in [2.45, 2.75) is 18.6 Å². The number of aliphatic hydroxyl groups is 1. The van der Waals surface area contributed by atoms with Crippen molar-refractivity contribution in [2.75, 3.05) is 19.8 Å². The zero-order chi connectivity index (χ0) is 21.0. The van der Waals surface area contributed by atoms with Gasteiger partial charge in [0.25, 0.3) is 5.91 Å². The highest BCUT2D eigenvalue weighted by atomic mass is 16.3. The van der Waals surface area contributed by atoms with Gasteiger partial charge >= 0.3 is 0 Å². The maximum Gasteiger partial charge on any atom is 0.274 e. The Kier molecular flexibility index (Phi) is 3.87. The number of nitrogens with zero attached hydrogens (tertiary/aromatic N) is 7. The van der Waals surface area contributed by atoms with E-state index in [9.17, 15) is 9.90 Å². The molecule has 0 aliphatic carbocycles. The molecule has 30 heavy (non-hydrogen) atoms. The molecule has 1 aliphatic heterocycles. The fourth-order valence-electron chi connectivity index (χ4n) is 3.94. The van der Waals surface area contributed by atoms with Crippen LogP contribution >= 0.6 is 0 Å². The van der Waals surface area contributed by atoms with E-state index in [0.717, 1.165) is 5.69 Å². The van der Waals surface area contributed by atoms with E-state index in [1.165, 1.54) is 11.1 Å². The first-order valence-corrected chi connectivity index (χ1v) is 9.45. The molecule has 3 N–H and O–H groups in total. The second-order valence-electron chi connectivity index (χ2n) is 7.55. The van der Waals surface area contributed by atoms with Crippen molar-refractivity contribution in [2.24, 2.45) is 0 Å². The first-order chi connectivity index (χ1) is 14.4. The molecule has 4 aromatic rings. The van der Waals surface area contributed by atoms with Gasteiger partial charge in [0.1, 0.15) is 5.60 Å². The predicted molar refractivity (Wildman–Crippen MR) is 109 cm³/mol. The number of nitrogen functional groups attached to an aromatic ring is 1. The highest BCUT2D eigenvalue weighted by Crippen LogP contribution is 2.39. The Morgan fingerprint density at radius 2 is 2.13 bits per heavy atom. The number of imidazole rings is 1. The van der Waals surface area contributed by atoms with E-state index in [2.05, 4.69) is 20.1 Å². The molecule has 4 heterocycles. The molecule has 5 rings (SSSR count). The van der Waals surface area contributed by atoms with E-state index < -0.39 is 5.60 Å². The van der Waals surface area contributed by atoms with Gasteiger partial charge in [0.15, 0.2) is 11.5 Å². The molecular weight excluding hydrogens is 384 g/mol. The van der Waals surface area contributed by atoms with Crippen molar-refractivity contribution in [1.82, 2.24) is 34.2 Å². The molecule has 0 saturated carbocycles. The molecule has 152 valence electrons. The summed E-state index contributed by atoms with van der Waals surface area (Å²) >= 11 is 0. The SMILES string of the molecule is CN(C)C(=O)c1nn(-c2ccnc(N)n2)c2cc(C3(O)CCn4cncc43)ccc12. The monoisotopic (exact) mass is 404 g/mol. The van der Waals surface area contributed by atoms with Crippen LogP contribution in [0.15, 0.2) is 43.0 Å². The average Bonchev–Trinajstić information content (AvgIpc) is 3.42. The third-order valence-electron chi connectivity index (χ3n) is 5.49. The minimum atomic E-state index is -1.17. The number of carbonyl (C=O) groups is 1. The fraction of sp³-hybridized carbons (Fsp3) is 0.250. The lowest BCUT2D eigenvalue weighted by atomic mass is 9.89. The van der Waals surface area contributed by atoms with Gasteiger partial charge in [-0.1, -0.05) is 6.07 Å². The lowest BCUT2D eigenvalue weighted by Crippen LogP contribution is -2.24. The first-order valence-electron chi connectivity index (χ1n) is 9.45. The summed E-state index contributed by atoms with van der Waals surface area (Å²) in [6, 6.07) is 7.15. The van der Waals surface area contributed by atoms with Crippen LogP contribution in [0.3, 0.4) is 0 Å².